The minimum Gasteiger partial charge on any atom is -0.397 e. The molecule has 1 unspecified atom stereocenters. The highest BCUT2D eigenvalue weighted by molar-refractivity contribution is 5.69. The van der Waals surface area contributed by atoms with Crippen LogP contribution in [0.1, 0.15) is 18.4 Å². The third-order valence-corrected chi connectivity index (χ3v) is 3.08. The first-order valence-electron chi connectivity index (χ1n) is 5.46. The first-order chi connectivity index (χ1) is 7.22. The summed E-state index contributed by atoms with van der Waals surface area (Å²) in [5.41, 5.74) is 9.06. The molecule has 0 saturated carbocycles. The Morgan fingerprint density at radius 2 is 2.33 bits per heavy atom. The predicted molar refractivity (Wildman–Crippen MR) is 63.0 cm³/mol. The molecule has 15 heavy (non-hydrogen) atoms. The van der Waals surface area contributed by atoms with Gasteiger partial charge in [-0.05, 0) is 37.5 Å². The normalized spacial score (nSPS) is 20.9. The summed E-state index contributed by atoms with van der Waals surface area (Å²) >= 11 is 0. The molecule has 0 radical (unpaired) electrons. The van der Waals surface area contributed by atoms with Gasteiger partial charge >= 0.3 is 0 Å². The molecule has 3 nitrogen and oxygen atoms in total. The summed E-state index contributed by atoms with van der Waals surface area (Å²) < 4.78 is 0. The molecule has 1 heterocycles. The fourth-order valence-corrected chi connectivity index (χ4v) is 2.25. The van der Waals surface area contributed by atoms with Crippen molar-refractivity contribution in [3.63, 3.8) is 0 Å². The molecule has 1 saturated heterocycles. The van der Waals surface area contributed by atoms with Gasteiger partial charge in [-0.25, -0.2) is 0 Å². The van der Waals surface area contributed by atoms with Gasteiger partial charge in [-0.1, -0.05) is 6.07 Å². The van der Waals surface area contributed by atoms with Crippen molar-refractivity contribution in [1.82, 2.24) is 0 Å². The minimum absolute atomic E-state index is 0.216. The van der Waals surface area contributed by atoms with Crippen molar-refractivity contribution >= 4 is 11.4 Å². The van der Waals surface area contributed by atoms with Crippen LogP contribution < -0.4 is 10.6 Å². The molecule has 0 bridgehead atoms. The SMILES string of the molecule is Cc1ccc(N)c(N2CCCC2CO)c1. The second-order valence-corrected chi connectivity index (χ2v) is 4.23. The Balaban J connectivity index is 2.31. The maximum absolute atomic E-state index is 9.28. The second kappa shape index (κ2) is 4.11. The molecule has 0 aliphatic carbocycles. The van der Waals surface area contributed by atoms with Crippen LogP contribution in [-0.4, -0.2) is 24.3 Å². The lowest BCUT2D eigenvalue weighted by atomic mass is 10.1. The van der Waals surface area contributed by atoms with E-state index in [1.165, 1.54) is 5.56 Å². The van der Waals surface area contributed by atoms with Gasteiger partial charge < -0.3 is 15.7 Å². The lowest BCUT2D eigenvalue weighted by Gasteiger charge is -2.26. The number of aliphatic hydroxyl groups is 1. The number of nitrogen functional groups attached to an aromatic ring is 1. The molecule has 0 amide bonds. The van der Waals surface area contributed by atoms with Crippen molar-refractivity contribution < 1.29 is 5.11 Å². The Kier molecular flexibility index (Phi) is 2.82. The van der Waals surface area contributed by atoms with E-state index in [1.807, 2.05) is 12.1 Å². The molecular weight excluding hydrogens is 188 g/mol. The number of nitrogens with two attached hydrogens (primary N) is 1. The van der Waals surface area contributed by atoms with Crippen molar-refractivity contribution in [3.05, 3.63) is 23.8 Å². The van der Waals surface area contributed by atoms with Crippen molar-refractivity contribution in [1.29, 1.82) is 0 Å². The molecule has 2 rings (SSSR count). The van der Waals surface area contributed by atoms with Crippen molar-refractivity contribution in [3.8, 4) is 0 Å². The fourth-order valence-electron chi connectivity index (χ4n) is 2.25. The van der Waals surface area contributed by atoms with E-state index in [-0.39, 0.29) is 12.6 Å². The Bertz CT molecular complexity index is 351. The van der Waals surface area contributed by atoms with E-state index in [1.54, 1.807) is 0 Å². The molecule has 1 aliphatic heterocycles. The topological polar surface area (TPSA) is 49.5 Å². The molecule has 3 N–H and O–H groups in total. The number of anilines is 2. The lowest BCUT2D eigenvalue weighted by molar-refractivity contribution is 0.266. The number of rotatable bonds is 2. The number of nitrogens with zero attached hydrogens (tertiary/aromatic N) is 1. The van der Waals surface area contributed by atoms with Crippen molar-refractivity contribution in [2.75, 3.05) is 23.8 Å². The van der Waals surface area contributed by atoms with Crippen LogP contribution in [0.2, 0.25) is 0 Å². The molecular formula is C12H18N2O. The Morgan fingerprint density at radius 1 is 1.53 bits per heavy atom. The molecule has 1 aliphatic rings. The Hall–Kier alpha value is -1.22. The monoisotopic (exact) mass is 206 g/mol. The van der Waals surface area contributed by atoms with Crippen LogP contribution in [-0.2, 0) is 0 Å². The number of aryl methyl sites for hydroxylation is 1. The Morgan fingerprint density at radius 3 is 3.07 bits per heavy atom. The third-order valence-electron chi connectivity index (χ3n) is 3.08. The van der Waals surface area contributed by atoms with Crippen LogP contribution >= 0.6 is 0 Å². The van der Waals surface area contributed by atoms with Crippen LogP contribution in [0.5, 0.6) is 0 Å². The van der Waals surface area contributed by atoms with E-state index < -0.39 is 0 Å². The summed E-state index contributed by atoms with van der Waals surface area (Å²) in [7, 11) is 0. The van der Waals surface area contributed by atoms with E-state index in [0.717, 1.165) is 30.8 Å². The zero-order chi connectivity index (χ0) is 10.8. The van der Waals surface area contributed by atoms with Crippen LogP contribution in [0.4, 0.5) is 11.4 Å². The van der Waals surface area contributed by atoms with Gasteiger partial charge in [0.2, 0.25) is 0 Å². The second-order valence-electron chi connectivity index (χ2n) is 4.23. The maximum Gasteiger partial charge on any atom is 0.0635 e. The van der Waals surface area contributed by atoms with Gasteiger partial charge in [0.05, 0.1) is 24.0 Å². The molecule has 0 spiro atoms. The summed E-state index contributed by atoms with van der Waals surface area (Å²) in [5.74, 6) is 0. The van der Waals surface area contributed by atoms with Crippen LogP contribution in [0.15, 0.2) is 18.2 Å². The summed E-state index contributed by atoms with van der Waals surface area (Å²) in [6.45, 7) is 3.28. The number of hydrogen-bond acceptors (Lipinski definition) is 3. The quantitative estimate of drug-likeness (QED) is 0.722. The predicted octanol–water partition coefficient (Wildman–Crippen LogP) is 1.54. The third kappa shape index (κ3) is 1.92. The highest BCUT2D eigenvalue weighted by Crippen LogP contribution is 2.30. The number of hydrogen-bond donors (Lipinski definition) is 2. The standard InChI is InChI=1S/C12H18N2O/c1-9-4-5-11(13)12(7-9)14-6-2-3-10(14)8-15/h4-5,7,10,15H,2-3,6,8,13H2,1H3. The van der Waals surface area contributed by atoms with E-state index >= 15 is 0 Å². The summed E-state index contributed by atoms with van der Waals surface area (Å²) in [5, 5.41) is 9.28. The van der Waals surface area contributed by atoms with Crippen LogP contribution in [0.3, 0.4) is 0 Å². The zero-order valence-electron chi connectivity index (χ0n) is 9.11. The maximum atomic E-state index is 9.28. The highest BCUT2D eigenvalue weighted by Gasteiger charge is 2.25. The lowest BCUT2D eigenvalue weighted by Crippen LogP contribution is -2.32. The molecule has 82 valence electrons. The van der Waals surface area contributed by atoms with E-state index in [9.17, 15) is 5.11 Å². The number of aliphatic hydroxyl groups excluding tert-OH is 1. The van der Waals surface area contributed by atoms with Crippen LogP contribution in [0.25, 0.3) is 0 Å². The van der Waals surface area contributed by atoms with Crippen molar-refractivity contribution in [2.45, 2.75) is 25.8 Å². The summed E-state index contributed by atoms with van der Waals surface area (Å²) in [6.07, 6.45) is 2.20. The largest absolute Gasteiger partial charge is 0.397 e. The minimum atomic E-state index is 0.216. The average molecular weight is 206 g/mol. The zero-order valence-corrected chi connectivity index (χ0v) is 9.11. The van der Waals surface area contributed by atoms with Gasteiger partial charge in [0.25, 0.3) is 0 Å². The van der Waals surface area contributed by atoms with Gasteiger partial charge in [0.15, 0.2) is 0 Å². The molecule has 1 atom stereocenters. The van der Waals surface area contributed by atoms with Gasteiger partial charge in [0, 0.05) is 6.54 Å². The van der Waals surface area contributed by atoms with E-state index in [0.29, 0.717) is 0 Å². The first-order valence-corrected chi connectivity index (χ1v) is 5.46. The fraction of sp³-hybridized carbons (Fsp3) is 0.500. The van der Waals surface area contributed by atoms with Crippen molar-refractivity contribution in [2.24, 2.45) is 0 Å². The molecule has 0 aromatic heterocycles. The van der Waals surface area contributed by atoms with Gasteiger partial charge in [0.1, 0.15) is 0 Å². The average Bonchev–Trinajstić information content (AvgIpc) is 2.69. The summed E-state index contributed by atoms with van der Waals surface area (Å²) in [6, 6.07) is 6.30. The number of benzene rings is 1. The highest BCUT2D eigenvalue weighted by atomic mass is 16.3. The van der Waals surface area contributed by atoms with E-state index in [4.69, 9.17) is 5.73 Å². The molecule has 1 aromatic rings. The van der Waals surface area contributed by atoms with Gasteiger partial charge in [-0.3, -0.25) is 0 Å². The smallest absolute Gasteiger partial charge is 0.0635 e. The van der Waals surface area contributed by atoms with Gasteiger partial charge in [-0.15, -0.1) is 0 Å². The molecule has 3 heteroatoms. The first kappa shape index (κ1) is 10.3. The molecule has 1 fully saturated rings. The Labute approximate surface area is 90.5 Å². The molecule has 1 aromatic carbocycles. The van der Waals surface area contributed by atoms with Crippen LogP contribution in [0, 0.1) is 6.92 Å². The van der Waals surface area contributed by atoms with Gasteiger partial charge in [-0.2, -0.15) is 0 Å². The summed E-state index contributed by atoms with van der Waals surface area (Å²) in [4.78, 5) is 2.22. The van der Waals surface area contributed by atoms with E-state index in [2.05, 4.69) is 17.9 Å².